The first kappa shape index (κ1) is 33.5. The standard InChI is InChI=1S/C34H33NO10S2/c1-20-6-11-24(12-7-20)46(38,39)44-30-19-27-26(15-17-29(30)37)32-23(10-16-28(27)35-22(3)36)18-31(33(42-4)34(32)43-5)45-47(40,41)25-13-8-21(2)9-14-25/h6-9,11-15,17-19,28H,10,16H2,1-5H3,(H,35,36). The van der Waals surface area contributed by atoms with Gasteiger partial charge in [0, 0.05) is 12.5 Å². The van der Waals surface area contributed by atoms with Crippen molar-refractivity contribution in [2.75, 3.05) is 14.2 Å². The molecule has 246 valence electrons. The Kier molecular flexibility index (Phi) is 9.32. The third-order valence-electron chi connectivity index (χ3n) is 7.68. The number of fused-ring (bicyclic) bond motifs is 3. The van der Waals surface area contributed by atoms with Crippen molar-refractivity contribution < 1.29 is 39.5 Å². The number of nitrogens with one attached hydrogen (secondary N) is 1. The molecule has 1 atom stereocenters. The molecule has 0 bridgehead atoms. The Morgan fingerprint density at radius 1 is 0.745 bits per heavy atom. The summed E-state index contributed by atoms with van der Waals surface area (Å²) in [6.07, 6.45) is 0.573. The Bertz CT molecular complexity index is 2130. The highest BCUT2D eigenvalue weighted by atomic mass is 32.2. The average molecular weight is 680 g/mol. The van der Waals surface area contributed by atoms with E-state index in [2.05, 4.69) is 5.32 Å². The van der Waals surface area contributed by atoms with E-state index in [1.807, 2.05) is 6.92 Å². The maximum absolute atomic E-state index is 13.3. The smallest absolute Gasteiger partial charge is 0.339 e. The lowest BCUT2D eigenvalue weighted by Gasteiger charge is -2.20. The van der Waals surface area contributed by atoms with Crippen LogP contribution in [0, 0.1) is 13.8 Å². The van der Waals surface area contributed by atoms with E-state index in [1.165, 1.54) is 63.6 Å². The number of rotatable bonds is 9. The van der Waals surface area contributed by atoms with Crippen LogP contribution in [0.1, 0.15) is 41.6 Å². The number of hydrogen-bond donors (Lipinski definition) is 1. The van der Waals surface area contributed by atoms with Gasteiger partial charge in [0.1, 0.15) is 9.79 Å². The van der Waals surface area contributed by atoms with Gasteiger partial charge in [-0.3, -0.25) is 9.59 Å². The quantitative estimate of drug-likeness (QED) is 0.239. The van der Waals surface area contributed by atoms with E-state index in [4.69, 9.17) is 17.8 Å². The fourth-order valence-electron chi connectivity index (χ4n) is 5.41. The summed E-state index contributed by atoms with van der Waals surface area (Å²) in [5.74, 6) is -0.884. The molecule has 4 aromatic rings. The SMILES string of the molecule is COc1c(OS(=O)(=O)c2ccc(C)cc2)cc2c(c1OC)-c1ccc(=O)c(OS(=O)(=O)c3ccc(C)cc3)cc1C(NC(C)=O)CC2. The summed E-state index contributed by atoms with van der Waals surface area (Å²) in [5, 5.41) is 2.87. The summed E-state index contributed by atoms with van der Waals surface area (Å²) in [7, 11) is -5.98. The van der Waals surface area contributed by atoms with E-state index in [-0.39, 0.29) is 39.4 Å². The van der Waals surface area contributed by atoms with E-state index < -0.39 is 37.5 Å². The molecule has 0 radical (unpaired) electrons. The minimum absolute atomic E-state index is 0.0295. The van der Waals surface area contributed by atoms with E-state index in [1.54, 1.807) is 31.2 Å². The average Bonchev–Trinajstić information content (AvgIpc) is 3.25. The number of hydrogen-bond acceptors (Lipinski definition) is 10. The largest absolute Gasteiger partial charge is 0.492 e. The molecule has 1 N–H and O–H groups in total. The molecule has 1 unspecified atom stereocenters. The van der Waals surface area contributed by atoms with Gasteiger partial charge in [-0.2, -0.15) is 16.8 Å². The fraction of sp³-hybridized carbons (Fsp3) is 0.235. The zero-order valence-electron chi connectivity index (χ0n) is 26.3. The third-order valence-corrected chi connectivity index (χ3v) is 10.2. The van der Waals surface area contributed by atoms with Crippen LogP contribution in [0.25, 0.3) is 11.1 Å². The van der Waals surface area contributed by atoms with Gasteiger partial charge in [-0.05, 0) is 91.9 Å². The van der Waals surface area contributed by atoms with Crippen LogP contribution in [-0.2, 0) is 31.5 Å². The van der Waals surface area contributed by atoms with E-state index in [9.17, 15) is 26.4 Å². The number of carbonyl (C=O) groups excluding carboxylic acids is 1. The van der Waals surface area contributed by atoms with Gasteiger partial charge in [-0.1, -0.05) is 35.4 Å². The van der Waals surface area contributed by atoms with Gasteiger partial charge in [0.15, 0.2) is 17.2 Å². The molecule has 47 heavy (non-hydrogen) atoms. The van der Waals surface area contributed by atoms with Crippen molar-refractivity contribution in [2.24, 2.45) is 0 Å². The second-order valence-corrected chi connectivity index (χ2v) is 14.1. The van der Waals surface area contributed by atoms with Gasteiger partial charge in [-0.25, -0.2) is 0 Å². The van der Waals surface area contributed by atoms with Crippen LogP contribution in [0.2, 0.25) is 0 Å². The van der Waals surface area contributed by atoms with E-state index >= 15 is 0 Å². The van der Waals surface area contributed by atoms with E-state index in [0.717, 1.165) is 17.2 Å². The van der Waals surface area contributed by atoms with Crippen LogP contribution in [0.4, 0.5) is 0 Å². The lowest BCUT2D eigenvalue weighted by atomic mass is 9.95. The lowest BCUT2D eigenvalue weighted by Crippen LogP contribution is -2.26. The van der Waals surface area contributed by atoms with Crippen LogP contribution in [0.5, 0.6) is 23.0 Å². The van der Waals surface area contributed by atoms with Gasteiger partial charge in [-0.15, -0.1) is 0 Å². The van der Waals surface area contributed by atoms with Crippen LogP contribution < -0.4 is 28.6 Å². The van der Waals surface area contributed by atoms with Crippen molar-refractivity contribution >= 4 is 26.1 Å². The monoisotopic (exact) mass is 679 g/mol. The second-order valence-electron chi connectivity index (χ2n) is 11.0. The van der Waals surface area contributed by atoms with Crippen LogP contribution in [0.15, 0.2) is 87.4 Å². The highest BCUT2D eigenvalue weighted by molar-refractivity contribution is 7.87. The van der Waals surface area contributed by atoms with Gasteiger partial charge in [0.2, 0.25) is 17.1 Å². The summed E-state index contributed by atoms with van der Waals surface area (Å²) in [6.45, 7) is 4.97. The zero-order chi connectivity index (χ0) is 34.1. The van der Waals surface area contributed by atoms with Crippen molar-refractivity contribution in [1.29, 1.82) is 0 Å². The molecule has 13 heteroatoms. The fourth-order valence-corrected chi connectivity index (χ4v) is 7.27. The molecule has 0 saturated heterocycles. The summed E-state index contributed by atoms with van der Waals surface area (Å²) in [5.41, 5.74) is 2.76. The molecular formula is C34H33NO10S2. The Labute approximate surface area is 273 Å². The molecule has 0 aliphatic heterocycles. The minimum Gasteiger partial charge on any atom is -0.492 e. The second kappa shape index (κ2) is 13.1. The normalized spacial score (nSPS) is 14.2. The number of aryl methyl sites for hydroxylation is 3. The first-order valence-corrected chi connectivity index (χ1v) is 17.3. The Morgan fingerprint density at radius 3 is 1.79 bits per heavy atom. The van der Waals surface area contributed by atoms with Crippen molar-refractivity contribution in [2.45, 2.75) is 49.4 Å². The Balaban J connectivity index is 1.70. The molecule has 1 aliphatic carbocycles. The number of carbonyl (C=O) groups is 1. The molecule has 0 saturated carbocycles. The molecule has 5 rings (SSSR count). The van der Waals surface area contributed by atoms with Crippen molar-refractivity contribution in [3.05, 3.63) is 105 Å². The minimum atomic E-state index is -4.40. The van der Waals surface area contributed by atoms with E-state index in [0.29, 0.717) is 28.7 Å². The molecule has 0 fully saturated rings. The molecular weight excluding hydrogens is 647 g/mol. The predicted molar refractivity (Wildman–Crippen MR) is 174 cm³/mol. The summed E-state index contributed by atoms with van der Waals surface area (Å²) in [4.78, 5) is 25.4. The molecule has 0 heterocycles. The highest BCUT2D eigenvalue weighted by Crippen LogP contribution is 2.51. The summed E-state index contributed by atoms with van der Waals surface area (Å²) in [6, 6.07) is 16.9. The first-order chi connectivity index (χ1) is 22.2. The number of amides is 1. The number of methoxy groups -OCH3 is 2. The highest BCUT2D eigenvalue weighted by Gasteiger charge is 2.32. The van der Waals surface area contributed by atoms with Gasteiger partial charge >= 0.3 is 20.2 Å². The van der Waals surface area contributed by atoms with Crippen molar-refractivity contribution in [3.8, 4) is 34.1 Å². The van der Waals surface area contributed by atoms with Crippen molar-refractivity contribution in [1.82, 2.24) is 5.32 Å². The topological polar surface area (TPSA) is 151 Å². The van der Waals surface area contributed by atoms with Crippen LogP contribution >= 0.6 is 0 Å². The number of benzene rings is 3. The molecule has 1 aliphatic rings. The maximum Gasteiger partial charge on any atom is 0.339 e. The van der Waals surface area contributed by atoms with Crippen LogP contribution in [0.3, 0.4) is 0 Å². The van der Waals surface area contributed by atoms with Crippen LogP contribution in [-0.4, -0.2) is 37.0 Å². The van der Waals surface area contributed by atoms with Gasteiger partial charge in [0.25, 0.3) is 0 Å². The van der Waals surface area contributed by atoms with Crippen molar-refractivity contribution in [3.63, 3.8) is 0 Å². The Morgan fingerprint density at radius 2 is 1.28 bits per heavy atom. The summed E-state index contributed by atoms with van der Waals surface area (Å²) < 4.78 is 75.3. The lowest BCUT2D eigenvalue weighted by molar-refractivity contribution is -0.119. The molecule has 1 amide bonds. The molecule has 0 spiro atoms. The summed E-state index contributed by atoms with van der Waals surface area (Å²) >= 11 is 0. The number of ether oxygens (including phenoxy) is 2. The Hall–Kier alpha value is -4.88. The van der Waals surface area contributed by atoms with Gasteiger partial charge < -0.3 is 23.2 Å². The molecule has 11 nitrogen and oxygen atoms in total. The zero-order valence-corrected chi connectivity index (χ0v) is 28.0. The predicted octanol–water partition coefficient (Wildman–Crippen LogP) is 5.01. The first-order valence-electron chi connectivity index (χ1n) is 14.5. The molecule has 0 aromatic heterocycles. The van der Waals surface area contributed by atoms with Gasteiger partial charge in [0.05, 0.1) is 20.3 Å². The molecule has 4 aromatic carbocycles. The third kappa shape index (κ3) is 6.96. The maximum atomic E-state index is 13.3.